The summed E-state index contributed by atoms with van der Waals surface area (Å²) in [7, 11) is 1.90. The van der Waals surface area contributed by atoms with Crippen LogP contribution in [0.5, 0.6) is 0 Å². The molecule has 0 aromatic carbocycles. The number of rotatable bonds is 5. The van der Waals surface area contributed by atoms with Gasteiger partial charge in [-0.25, -0.2) is 15.0 Å². The summed E-state index contributed by atoms with van der Waals surface area (Å²) in [5.41, 5.74) is 7.09. The molecule has 128 valence electrons. The molecule has 0 amide bonds. The van der Waals surface area contributed by atoms with Crippen LogP contribution in [0.25, 0.3) is 16.8 Å². The Morgan fingerprint density at radius 2 is 1.83 bits per heavy atom. The third kappa shape index (κ3) is 3.48. The molecule has 0 unspecified atom stereocenters. The van der Waals surface area contributed by atoms with Gasteiger partial charge >= 0.3 is 0 Å². The zero-order valence-electron chi connectivity index (χ0n) is 15.9. The molecule has 0 saturated heterocycles. The fourth-order valence-corrected chi connectivity index (χ4v) is 2.85. The van der Waals surface area contributed by atoms with Crippen LogP contribution in [0.3, 0.4) is 0 Å². The van der Waals surface area contributed by atoms with Gasteiger partial charge in [0.1, 0.15) is 5.82 Å². The predicted octanol–water partition coefficient (Wildman–Crippen LogP) is 5.13. The van der Waals surface area contributed by atoms with Crippen LogP contribution < -0.4 is 5.32 Å². The minimum Gasteiger partial charge on any atom is -0.373 e. The molecule has 0 radical (unpaired) electrons. The number of nitrogens with zero attached hydrogens (tertiary/aromatic N) is 3. The number of anilines is 1. The average Bonchev–Trinajstić information content (AvgIpc) is 2.58. The molecule has 2 rings (SSSR count). The maximum Gasteiger partial charge on any atom is 0.135 e. The van der Waals surface area contributed by atoms with Crippen LogP contribution in [-0.4, -0.2) is 22.0 Å². The van der Waals surface area contributed by atoms with Gasteiger partial charge in [0.05, 0.1) is 22.8 Å². The van der Waals surface area contributed by atoms with Crippen LogP contribution in [0.1, 0.15) is 62.8 Å². The maximum atomic E-state index is 4.86. The zero-order valence-corrected chi connectivity index (χ0v) is 15.9. The molecule has 2 aromatic heterocycles. The van der Waals surface area contributed by atoms with Gasteiger partial charge in [-0.05, 0) is 50.8 Å². The largest absolute Gasteiger partial charge is 0.373 e. The highest BCUT2D eigenvalue weighted by Gasteiger charge is 2.16. The van der Waals surface area contributed by atoms with Crippen molar-refractivity contribution in [3.8, 4) is 11.3 Å². The highest BCUT2D eigenvalue weighted by atomic mass is 15.0. The number of hydrogen-bond acceptors (Lipinski definition) is 4. The van der Waals surface area contributed by atoms with Gasteiger partial charge in [0.25, 0.3) is 0 Å². The molecule has 1 N–H and O–H groups in total. The predicted molar refractivity (Wildman–Crippen MR) is 102 cm³/mol. The molecule has 0 spiro atoms. The normalized spacial score (nSPS) is 11.9. The first kappa shape index (κ1) is 18.1. The molecule has 0 fully saturated rings. The molecule has 0 bridgehead atoms. The third-order valence-corrected chi connectivity index (χ3v) is 4.28. The van der Waals surface area contributed by atoms with Crippen molar-refractivity contribution in [2.75, 3.05) is 12.4 Å². The van der Waals surface area contributed by atoms with Crippen molar-refractivity contribution in [3.63, 3.8) is 0 Å². The summed E-state index contributed by atoms with van der Waals surface area (Å²) in [5, 5.41) is 3.21. The quantitative estimate of drug-likeness (QED) is 0.828. The fourth-order valence-electron chi connectivity index (χ4n) is 2.85. The van der Waals surface area contributed by atoms with Gasteiger partial charge in [-0.15, -0.1) is 0 Å². The minimum atomic E-state index is 0.393. The Labute approximate surface area is 145 Å². The lowest BCUT2D eigenvalue weighted by atomic mass is 10.0. The van der Waals surface area contributed by atoms with Crippen LogP contribution in [0.2, 0.25) is 0 Å². The van der Waals surface area contributed by atoms with Crippen molar-refractivity contribution in [2.45, 2.75) is 53.9 Å². The van der Waals surface area contributed by atoms with E-state index >= 15 is 0 Å². The van der Waals surface area contributed by atoms with E-state index < -0.39 is 0 Å². The van der Waals surface area contributed by atoms with Gasteiger partial charge < -0.3 is 5.32 Å². The SMILES string of the molecule is C/C=C(/CC)c1nc(C)c(-c2ccc(C(C)C)nc2NC)nc1C. The summed E-state index contributed by atoms with van der Waals surface area (Å²) >= 11 is 0. The number of aryl methyl sites for hydroxylation is 2. The van der Waals surface area contributed by atoms with Crippen LogP contribution in [0.15, 0.2) is 18.2 Å². The van der Waals surface area contributed by atoms with Gasteiger partial charge in [0.2, 0.25) is 0 Å². The topological polar surface area (TPSA) is 50.7 Å². The smallest absolute Gasteiger partial charge is 0.135 e. The number of pyridine rings is 1. The molecule has 0 saturated carbocycles. The molecule has 4 nitrogen and oxygen atoms in total. The Bertz CT molecular complexity index is 760. The second-order valence-electron chi connectivity index (χ2n) is 6.30. The van der Waals surface area contributed by atoms with Crippen molar-refractivity contribution in [1.82, 2.24) is 15.0 Å². The van der Waals surface area contributed by atoms with Crippen LogP contribution in [0.4, 0.5) is 5.82 Å². The van der Waals surface area contributed by atoms with E-state index in [1.54, 1.807) is 0 Å². The second-order valence-corrected chi connectivity index (χ2v) is 6.30. The molecule has 0 aliphatic carbocycles. The van der Waals surface area contributed by atoms with Crippen LogP contribution in [0, 0.1) is 13.8 Å². The van der Waals surface area contributed by atoms with Crippen molar-refractivity contribution < 1.29 is 0 Å². The van der Waals surface area contributed by atoms with Gasteiger partial charge in [-0.2, -0.15) is 0 Å². The minimum absolute atomic E-state index is 0.393. The Kier molecular flexibility index (Phi) is 5.71. The van der Waals surface area contributed by atoms with Crippen molar-refractivity contribution in [3.05, 3.63) is 41.0 Å². The Balaban J connectivity index is 2.60. The van der Waals surface area contributed by atoms with Crippen LogP contribution >= 0.6 is 0 Å². The van der Waals surface area contributed by atoms with Gasteiger partial charge in [-0.3, -0.25) is 0 Å². The molecule has 24 heavy (non-hydrogen) atoms. The first-order valence-electron chi connectivity index (χ1n) is 8.62. The molecular weight excluding hydrogens is 296 g/mol. The summed E-state index contributed by atoms with van der Waals surface area (Å²) in [4.78, 5) is 14.4. The van der Waals surface area contributed by atoms with E-state index in [-0.39, 0.29) is 0 Å². The standard InChI is InChI=1S/C20H28N4/c1-8-15(9-2)18-13(5)23-19(14(6)22-18)16-10-11-17(12(3)4)24-20(16)21-7/h8,10-12H,9H2,1-7H3,(H,21,24)/b15-8-. The van der Waals surface area contributed by atoms with E-state index in [0.717, 1.165) is 46.3 Å². The Morgan fingerprint density at radius 1 is 1.12 bits per heavy atom. The number of aromatic nitrogens is 3. The molecule has 0 aliphatic rings. The van der Waals surface area contributed by atoms with E-state index in [9.17, 15) is 0 Å². The molecule has 0 atom stereocenters. The highest BCUT2D eigenvalue weighted by molar-refractivity contribution is 5.75. The van der Waals surface area contributed by atoms with Crippen molar-refractivity contribution in [2.24, 2.45) is 0 Å². The number of nitrogens with one attached hydrogen (secondary N) is 1. The van der Waals surface area contributed by atoms with E-state index in [0.29, 0.717) is 5.92 Å². The molecule has 4 heteroatoms. The lowest BCUT2D eigenvalue weighted by Crippen LogP contribution is -2.06. The first-order valence-corrected chi connectivity index (χ1v) is 8.62. The second kappa shape index (κ2) is 7.56. The third-order valence-electron chi connectivity index (χ3n) is 4.28. The zero-order chi connectivity index (χ0) is 17.9. The Morgan fingerprint density at radius 3 is 2.38 bits per heavy atom. The van der Waals surface area contributed by atoms with E-state index in [1.807, 2.05) is 20.9 Å². The van der Waals surface area contributed by atoms with Crippen molar-refractivity contribution >= 4 is 11.4 Å². The van der Waals surface area contributed by atoms with Gasteiger partial charge in [0, 0.05) is 18.3 Å². The summed E-state index contributed by atoms with van der Waals surface area (Å²) in [5.74, 6) is 1.25. The monoisotopic (exact) mass is 324 g/mol. The first-order chi connectivity index (χ1) is 11.4. The molecule has 2 heterocycles. The molecular formula is C20H28N4. The Hall–Kier alpha value is -2.23. The molecule has 2 aromatic rings. The van der Waals surface area contributed by atoms with Gasteiger partial charge in [0.15, 0.2) is 0 Å². The lowest BCUT2D eigenvalue weighted by molar-refractivity contribution is 0.824. The fraction of sp³-hybridized carbons (Fsp3) is 0.450. The maximum absolute atomic E-state index is 4.86. The van der Waals surface area contributed by atoms with Gasteiger partial charge in [-0.1, -0.05) is 26.8 Å². The number of hydrogen-bond donors (Lipinski definition) is 1. The van der Waals surface area contributed by atoms with E-state index in [1.165, 1.54) is 5.57 Å². The lowest BCUT2D eigenvalue weighted by Gasteiger charge is -2.15. The summed E-state index contributed by atoms with van der Waals surface area (Å²) < 4.78 is 0. The number of allylic oxidation sites excluding steroid dienone is 2. The highest BCUT2D eigenvalue weighted by Crippen LogP contribution is 2.30. The molecule has 0 aliphatic heterocycles. The van der Waals surface area contributed by atoms with E-state index in [2.05, 4.69) is 51.2 Å². The van der Waals surface area contributed by atoms with Crippen molar-refractivity contribution in [1.29, 1.82) is 0 Å². The summed E-state index contributed by atoms with van der Waals surface area (Å²) in [6.45, 7) is 12.5. The summed E-state index contributed by atoms with van der Waals surface area (Å²) in [6, 6.07) is 4.18. The van der Waals surface area contributed by atoms with Crippen LogP contribution in [-0.2, 0) is 0 Å². The average molecular weight is 324 g/mol. The van der Waals surface area contributed by atoms with E-state index in [4.69, 9.17) is 15.0 Å². The summed E-state index contributed by atoms with van der Waals surface area (Å²) in [6.07, 6.45) is 3.07.